The largest absolute Gasteiger partial charge is 0.451 e. The maximum Gasteiger partial charge on any atom is 0.339 e. The van der Waals surface area contributed by atoms with Crippen molar-refractivity contribution in [2.24, 2.45) is 34.5 Å². The Labute approximate surface area is 223 Å². The highest BCUT2D eigenvalue weighted by molar-refractivity contribution is 5.97. The molecule has 0 unspecified atom stereocenters. The second-order valence-corrected chi connectivity index (χ2v) is 12.6. The van der Waals surface area contributed by atoms with E-state index < -0.39 is 41.7 Å². The molecule has 7 nitrogen and oxygen atoms in total. The minimum Gasteiger partial charge on any atom is -0.451 e. The van der Waals surface area contributed by atoms with Crippen LogP contribution in [-0.4, -0.2) is 57.3 Å². The average Bonchev–Trinajstić information content (AvgIpc) is 3.32. The van der Waals surface area contributed by atoms with E-state index in [2.05, 4.69) is 13.8 Å². The molecule has 5 rings (SSSR count). The van der Waals surface area contributed by atoms with Crippen LogP contribution >= 0.6 is 0 Å². The van der Waals surface area contributed by atoms with Gasteiger partial charge in [-0.2, -0.15) is 0 Å². The molecule has 8 atom stereocenters. The van der Waals surface area contributed by atoms with Gasteiger partial charge >= 0.3 is 5.97 Å². The predicted molar refractivity (Wildman–Crippen MR) is 140 cm³/mol. The molecular weight excluding hydrogens is 484 g/mol. The molecule has 1 aromatic rings. The monoisotopic (exact) mass is 522 g/mol. The lowest BCUT2D eigenvalue weighted by molar-refractivity contribution is -0.190. The van der Waals surface area contributed by atoms with Crippen LogP contribution in [-0.2, 0) is 20.7 Å². The maximum absolute atomic E-state index is 14.5. The van der Waals surface area contributed by atoms with E-state index in [4.69, 9.17) is 4.74 Å². The summed E-state index contributed by atoms with van der Waals surface area (Å²) in [7, 11) is 0. The molecule has 0 amide bonds. The molecule has 1 aromatic carbocycles. The van der Waals surface area contributed by atoms with E-state index in [0.717, 1.165) is 0 Å². The number of carbonyl (C=O) groups is 3. The molecule has 0 heterocycles. The first kappa shape index (κ1) is 27.0. The number of fused-ring (bicyclic) bond motifs is 3. The van der Waals surface area contributed by atoms with Gasteiger partial charge in [0.1, 0.15) is 11.9 Å². The van der Waals surface area contributed by atoms with Crippen LogP contribution in [0.3, 0.4) is 0 Å². The summed E-state index contributed by atoms with van der Waals surface area (Å²) in [5, 5.41) is 34.5. The molecule has 0 aromatic heterocycles. The van der Waals surface area contributed by atoms with Crippen molar-refractivity contribution in [3.63, 3.8) is 0 Å². The summed E-state index contributed by atoms with van der Waals surface area (Å²) in [5.74, 6) is -1.64. The van der Waals surface area contributed by atoms with Gasteiger partial charge in [-0.15, -0.1) is 0 Å². The molecule has 4 aliphatic rings. The fourth-order valence-corrected chi connectivity index (χ4v) is 8.20. The van der Waals surface area contributed by atoms with Gasteiger partial charge in [0, 0.05) is 12.3 Å². The first-order valence-electron chi connectivity index (χ1n) is 13.5. The highest BCUT2D eigenvalue weighted by atomic mass is 16.6. The Morgan fingerprint density at radius 1 is 1.18 bits per heavy atom. The number of ether oxygens (including phenoxy) is 1. The summed E-state index contributed by atoms with van der Waals surface area (Å²) in [6, 6.07) is 5.21. The fraction of sp³-hybridized carbons (Fsp3) is 0.581. The number of allylic oxidation sites excluding steroid dienone is 1. The van der Waals surface area contributed by atoms with Crippen LogP contribution in [0.5, 0.6) is 0 Å². The van der Waals surface area contributed by atoms with E-state index in [0.29, 0.717) is 23.1 Å². The Hall–Kier alpha value is -2.61. The third-order valence-corrected chi connectivity index (χ3v) is 10.1. The van der Waals surface area contributed by atoms with Crippen LogP contribution in [0.25, 0.3) is 0 Å². The third kappa shape index (κ3) is 3.41. The topological polar surface area (TPSA) is 121 Å². The van der Waals surface area contributed by atoms with E-state index in [1.54, 1.807) is 44.2 Å². The first-order valence-corrected chi connectivity index (χ1v) is 13.5. The number of aliphatic hydroxyl groups excluding tert-OH is 2. The molecular formula is C31H38O7. The zero-order valence-electron chi connectivity index (χ0n) is 22.9. The first-order chi connectivity index (χ1) is 17.7. The fourth-order valence-electron chi connectivity index (χ4n) is 8.20. The smallest absolute Gasteiger partial charge is 0.339 e. The number of hydrogen-bond donors (Lipinski definition) is 3. The van der Waals surface area contributed by atoms with E-state index in [-0.39, 0.29) is 52.3 Å². The number of hydrogen-bond acceptors (Lipinski definition) is 7. The van der Waals surface area contributed by atoms with Crippen LogP contribution in [0.2, 0.25) is 0 Å². The number of carbonyl (C=O) groups excluding carboxylic acids is 3. The number of rotatable bonds is 5. The number of benzene rings is 1. The molecule has 2 bridgehead atoms. The van der Waals surface area contributed by atoms with Gasteiger partial charge in [0.2, 0.25) is 0 Å². The van der Waals surface area contributed by atoms with Gasteiger partial charge in [0.05, 0.1) is 17.6 Å². The summed E-state index contributed by atoms with van der Waals surface area (Å²) >= 11 is 0. The highest BCUT2D eigenvalue weighted by Crippen LogP contribution is 2.71. The van der Waals surface area contributed by atoms with Crippen LogP contribution < -0.4 is 0 Å². The van der Waals surface area contributed by atoms with Crippen molar-refractivity contribution in [1.29, 1.82) is 0 Å². The molecule has 3 N–H and O–H groups in total. The standard InChI is InChI=1S/C31H38O7/c1-15-8-7-9-19(11-18(4)33)23(15)28(36)38-27-16(2)13-30-17(3)10-22-24(29(22,5)6)21(26(30)35)12-20(14-32)25(34)31(27,30)37/h7-9,12-13,17,21-22,24-25,27,32,34,37H,10-11,14H2,1-6H3/t17-,21+,22-,24+,25-,27+,30+,31+/m1/s1. The molecule has 38 heavy (non-hydrogen) atoms. The third-order valence-electron chi connectivity index (χ3n) is 10.1. The van der Waals surface area contributed by atoms with Gasteiger partial charge in [-0.3, -0.25) is 9.59 Å². The van der Waals surface area contributed by atoms with Crippen molar-refractivity contribution >= 4 is 17.5 Å². The number of aryl methyl sites for hydroxylation is 1. The summed E-state index contributed by atoms with van der Waals surface area (Å²) in [6.45, 7) is 10.6. The van der Waals surface area contributed by atoms with Crippen LogP contribution in [0, 0.1) is 41.4 Å². The zero-order valence-corrected chi connectivity index (χ0v) is 22.9. The van der Waals surface area contributed by atoms with Gasteiger partial charge in [-0.1, -0.05) is 51.1 Å². The van der Waals surface area contributed by atoms with Crippen molar-refractivity contribution in [2.45, 2.75) is 72.2 Å². The lowest BCUT2D eigenvalue weighted by atomic mass is 9.59. The van der Waals surface area contributed by atoms with Gasteiger partial charge in [-0.25, -0.2) is 4.79 Å². The highest BCUT2D eigenvalue weighted by Gasteiger charge is 2.76. The Bertz CT molecular complexity index is 1290. The predicted octanol–water partition coefficient (Wildman–Crippen LogP) is 3.12. The summed E-state index contributed by atoms with van der Waals surface area (Å²) in [6.07, 6.45) is 1.16. The summed E-state index contributed by atoms with van der Waals surface area (Å²) in [4.78, 5) is 40.0. The molecule has 4 aliphatic carbocycles. The van der Waals surface area contributed by atoms with Crippen molar-refractivity contribution in [3.8, 4) is 0 Å². The second kappa shape index (κ2) is 8.70. The van der Waals surface area contributed by atoms with Crippen molar-refractivity contribution in [1.82, 2.24) is 0 Å². The normalized spacial score (nSPS) is 38.7. The Morgan fingerprint density at radius 3 is 2.50 bits per heavy atom. The van der Waals surface area contributed by atoms with Crippen LogP contribution in [0.1, 0.15) is 62.5 Å². The van der Waals surface area contributed by atoms with Gasteiger partial charge in [0.15, 0.2) is 17.5 Å². The van der Waals surface area contributed by atoms with Crippen molar-refractivity contribution < 1.29 is 34.4 Å². The van der Waals surface area contributed by atoms with E-state index in [1.165, 1.54) is 6.92 Å². The molecule has 0 aliphatic heterocycles. The Morgan fingerprint density at radius 2 is 1.87 bits per heavy atom. The van der Waals surface area contributed by atoms with E-state index in [1.807, 2.05) is 6.92 Å². The number of esters is 1. The maximum atomic E-state index is 14.5. The van der Waals surface area contributed by atoms with Crippen molar-refractivity contribution in [2.75, 3.05) is 6.61 Å². The SMILES string of the molecule is CC(=O)Cc1cccc(C)c1C(=O)O[C@H]1C(C)=C[C@]23C(=O)[C@@H](C=C(CO)[C@@H](O)[C@]12O)[C@H]1[C@@H](C[C@H]3C)C1(C)C. The van der Waals surface area contributed by atoms with Crippen LogP contribution in [0.4, 0.5) is 0 Å². The molecule has 1 spiro atoms. The quantitative estimate of drug-likeness (QED) is 0.401. The number of ketones is 2. The zero-order chi connectivity index (χ0) is 27.9. The minimum atomic E-state index is -2.20. The molecule has 204 valence electrons. The van der Waals surface area contributed by atoms with Gasteiger partial charge in [0.25, 0.3) is 0 Å². The lowest BCUT2D eigenvalue weighted by Gasteiger charge is -2.48. The number of Topliss-reactive ketones (excluding diaryl/α,β-unsaturated/α-hetero) is 2. The molecule has 2 fully saturated rings. The number of aliphatic hydroxyl groups is 3. The Kier molecular flexibility index (Phi) is 6.18. The molecule has 7 heteroatoms. The minimum absolute atomic E-state index is 0.0457. The average molecular weight is 523 g/mol. The molecule has 2 saturated carbocycles. The van der Waals surface area contributed by atoms with Crippen LogP contribution in [0.15, 0.2) is 41.5 Å². The van der Waals surface area contributed by atoms with Crippen molar-refractivity contribution in [3.05, 3.63) is 58.2 Å². The molecule has 0 radical (unpaired) electrons. The molecule has 0 saturated heterocycles. The second-order valence-electron chi connectivity index (χ2n) is 12.6. The van der Waals surface area contributed by atoms with Gasteiger partial charge in [-0.05, 0) is 72.6 Å². The van der Waals surface area contributed by atoms with Gasteiger partial charge < -0.3 is 20.1 Å². The Balaban J connectivity index is 1.62. The summed E-state index contributed by atoms with van der Waals surface area (Å²) < 4.78 is 6.02. The van der Waals surface area contributed by atoms with E-state index in [9.17, 15) is 29.7 Å². The lowest BCUT2D eigenvalue weighted by Crippen LogP contribution is -2.65. The summed E-state index contributed by atoms with van der Waals surface area (Å²) in [5.41, 5.74) is -1.73. The van der Waals surface area contributed by atoms with E-state index >= 15 is 0 Å².